The Kier molecular flexibility index (Phi) is 3.76. The highest BCUT2D eigenvalue weighted by atomic mass is 79.9. The number of aryl methyl sites for hydroxylation is 1. The van der Waals surface area contributed by atoms with Crippen LogP contribution >= 0.6 is 15.9 Å². The molecular weight excluding hydrogens is 388 g/mol. The number of hydrogen-bond donors (Lipinski definition) is 1. The smallest absolute Gasteiger partial charge is 0.356 e. The van der Waals surface area contributed by atoms with Gasteiger partial charge in [0.2, 0.25) is 0 Å². The summed E-state index contributed by atoms with van der Waals surface area (Å²) in [6, 6.07) is 5.60. The summed E-state index contributed by atoms with van der Waals surface area (Å²) in [5.41, 5.74) is 3.43. The zero-order valence-corrected chi connectivity index (χ0v) is 14.8. The van der Waals surface area contributed by atoms with E-state index in [4.69, 9.17) is 4.74 Å². The quantitative estimate of drug-likeness (QED) is 0.726. The molecule has 126 valence electrons. The van der Waals surface area contributed by atoms with Crippen LogP contribution in [0.1, 0.15) is 21.6 Å². The first kappa shape index (κ1) is 15.8. The van der Waals surface area contributed by atoms with E-state index in [-0.39, 0.29) is 5.69 Å². The number of nitrogens with zero attached hydrogens (tertiary/aromatic N) is 4. The molecule has 3 aromatic rings. The van der Waals surface area contributed by atoms with Crippen LogP contribution in [0.15, 0.2) is 35.1 Å². The number of methoxy groups -OCH3 is 1. The number of carboxylic acids is 1. The Balaban J connectivity index is 2.02. The number of aromatic nitrogens is 4. The Morgan fingerprint density at radius 3 is 2.72 bits per heavy atom. The highest BCUT2D eigenvalue weighted by Gasteiger charge is 2.30. The van der Waals surface area contributed by atoms with Gasteiger partial charge in [0.15, 0.2) is 5.69 Å². The van der Waals surface area contributed by atoms with Crippen molar-refractivity contribution in [2.75, 3.05) is 7.11 Å². The number of benzene rings is 1. The molecule has 8 heteroatoms. The Morgan fingerprint density at radius 2 is 2.04 bits per heavy atom. The summed E-state index contributed by atoms with van der Waals surface area (Å²) in [5.74, 6) is 0.0238. The fourth-order valence-electron chi connectivity index (χ4n) is 3.12. The van der Waals surface area contributed by atoms with Gasteiger partial charge in [-0.2, -0.15) is 9.78 Å². The molecular formula is C17H13BrN4O3. The van der Waals surface area contributed by atoms with Crippen LogP contribution in [-0.4, -0.2) is 37.9 Å². The molecule has 0 bridgehead atoms. The Morgan fingerprint density at radius 1 is 1.28 bits per heavy atom. The van der Waals surface area contributed by atoms with E-state index in [0.717, 1.165) is 21.3 Å². The number of rotatable bonds is 3. The average Bonchev–Trinajstić information content (AvgIpc) is 3.02. The van der Waals surface area contributed by atoms with Gasteiger partial charge in [-0.15, -0.1) is 0 Å². The van der Waals surface area contributed by atoms with E-state index in [9.17, 15) is 9.90 Å². The van der Waals surface area contributed by atoms with E-state index in [1.807, 2.05) is 12.1 Å². The van der Waals surface area contributed by atoms with E-state index in [0.29, 0.717) is 30.0 Å². The van der Waals surface area contributed by atoms with Crippen LogP contribution in [0, 0.1) is 0 Å². The van der Waals surface area contributed by atoms with E-state index >= 15 is 0 Å². The molecule has 0 atom stereocenters. The molecule has 0 amide bonds. The van der Waals surface area contributed by atoms with Crippen molar-refractivity contribution in [3.63, 3.8) is 0 Å². The Bertz CT molecular complexity index is 985. The molecule has 0 aliphatic heterocycles. The van der Waals surface area contributed by atoms with Gasteiger partial charge in [0.05, 0.1) is 17.3 Å². The molecule has 2 aromatic heterocycles. The molecule has 0 fully saturated rings. The summed E-state index contributed by atoms with van der Waals surface area (Å²) in [6.07, 6.45) is 4.50. The standard InChI is InChI=1S/C17H13BrN4O3/c1-25-13-7-9-3-4-10-14(16(23)24)21-22(17-19-5-2-6-20-17)15(10)11(9)8-12(13)18/h2,5-8H,3-4H2,1H3,(H,23,24). The SMILES string of the molecule is COc1cc2c(cc1Br)-c1c(c(C(=O)O)nn1-c1ncccn1)CC2. The number of ether oxygens (including phenoxy) is 1. The van der Waals surface area contributed by atoms with Gasteiger partial charge in [-0.25, -0.2) is 14.8 Å². The normalized spacial score (nSPS) is 12.4. The van der Waals surface area contributed by atoms with Crippen LogP contribution in [0.4, 0.5) is 0 Å². The van der Waals surface area contributed by atoms with Crippen molar-refractivity contribution >= 4 is 21.9 Å². The van der Waals surface area contributed by atoms with E-state index in [2.05, 4.69) is 31.0 Å². The van der Waals surface area contributed by atoms with Gasteiger partial charge in [0.25, 0.3) is 5.95 Å². The molecule has 0 radical (unpaired) electrons. The monoisotopic (exact) mass is 400 g/mol. The summed E-state index contributed by atoms with van der Waals surface area (Å²) in [5, 5.41) is 13.8. The van der Waals surface area contributed by atoms with Crippen molar-refractivity contribution in [3.8, 4) is 23.0 Å². The maximum absolute atomic E-state index is 11.7. The lowest BCUT2D eigenvalue weighted by molar-refractivity contribution is 0.0688. The van der Waals surface area contributed by atoms with Crippen LogP contribution in [0.5, 0.6) is 5.75 Å². The Labute approximate surface area is 151 Å². The molecule has 4 rings (SSSR count). The van der Waals surface area contributed by atoms with Gasteiger partial charge in [-0.1, -0.05) is 0 Å². The molecule has 0 unspecified atom stereocenters. The second-order valence-electron chi connectivity index (χ2n) is 5.59. The number of carbonyl (C=O) groups is 1. The van der Waals surface area contributed by atoms with E-state index < -0.39 is 5.97 Å². The zero-order chi connectivity index (χ0) is 17.6. The van der Waals surface area contributed by atoms with Crippen molar-refractivity contribution in [1.29, 1.82) is 0 Å². The lowest BCUT2D eigenvalue weighted by Gasteiger charge is -2.19. The summed E-state index contributed by atoms with van der Waals surface area (Å²) in [6.45, 7) is 0. The molecule has 1 aromatic carbocycles. The lowest BCUT2D eigenvalue weighted by atomic mass is 9.88. The summed E-state index contributed by atoms with van der Waals surface area (Å²) in [7, 11) is 1.62. The second-order valence-corrected chi connectivity index (χ2v) is 6.44. The average molecular weight is 401 g/mol. The van der Waals surface area contributed by atoms with Gasteiger partial charge in [-0.05, 0) is 52.5 Å². The highest BCUT2D eigenvalue weighted by molar-refractivity contribution is 9.10. The first-order valence-corrected chi connectivity index (χ1v) is 8.38. The predicted molar refractivity (Wildman–Crippen MR) is 93.2 cm³/mol. The van der Waals surface area contributed by atoms with Crippen molar-refractivity contribution in [2.24, 2.45) is 0 Å². The third kappa shape index (κ3) is 2.49. The molecule has 0 saturated heterocycles. The molecule has 1 aliphatic carbocycles. The van der Waals surface area contributed by atoms with Crippen LogP contribution < -0.4 is 4.74 Å². The van der Waals surface area contributed by atoms with Gasteiger partial charge in [0, 0.05) is 23.5 Å². The van der Waals surface area contributed by atoms with Gasteiger partial charge in [0.1, 0.15) is 5.75 Å². The maximum atomic E-state index is 11.7. The first-order valence-electron chi connectivity index (χ1n) is 7.59. The third-order valence-corrected chi connectivity index (χ3v) is 4.82. The van der Waals surface area contributed by atoms with Gasteiger partial charge >= 0.3 is 5.97 Å². The van der Waals surface area contributed by atoms with Crippen LogP contribution in [0.2, 0.25) is 0 Å². The lowest BCUT2D eigenvalue weighted by Crippen LogP contribution is -2.10. The van der Waals surface area contributed by atoms with Crippen LogP contribution in [0.25, 0.3) is 17.2 Å². The number of hydrogen-bond acceptors (Lipinski definition) is 5. The minimum Gasteiger partial charge on any atom is -0.496 e. The fourth-order valence-corrected chi connectivity index (χ4v) is 3.63. The summed E-state index contributed by atoms with van der Waals surface area (Å²) >= 11 is 3.50. The number of fused-ring (bicyclic) bond motifs is 3. The van der Waals surface area contributed by atoms with Crippen molar-refractivity contribution < 1.29 is 14.6 Å². The molecule has 1 aliphatic rings. The maximum Gasteiger partial charge on any atom is 0.356 e. The number of aromatic carboxylic acids is 1. The first-order chi connectivity index (χ1) is 12.1. The highest BCUT2D eigenvalue weighted by Crippen LogP contribution is 2.41. The molecule has 25 heavy (non-hydrogen) atoms. The number of carboxylic acid groups (broad SMARTS) is 1. The van der Waals surface area contributed by atoms with E-state index in [1.165, 1.54) is 4.68 Å². The fraction of sp³-hybridized carbons (Fsp3) is 0.176. The largest absolute Gasteiger partial charge is 0.496 e. The number of halogens is 1. The minimum absolute atomic E-state index is 0.0417. The topological polar surface area (TPSA) is 90.1 Å². The molecule has 7 nitrogen and oxygen atoms in total. The van der Waals surface area contributed by atoms with Crippen molar-refractivity contribution in [2.45, 2.75) is 12.8 Å². The molecule has 0 spiro atoms. The van der Waals surface area contributed by atoms with Gasteiger partial charge < -0.3 is 9.84 Å². The zero-order valence-electron chi connectivity index (χ0n) is 13.2. The molecule has 0 saturated carbocycles. The van der Waals surface area contributed by atoms with Crippen LogP contribution in [0.3, 0.4) is 0 Å². The predicted octanol–water partition coefficient (Wildman–Crippen LogP) is 2.90. The van der Waals surface area contributed by atoms with E-state index in [1.54, 1.807) is 25.6 Å². The van der Waals surface area contributed by atoms with Gasteiger partial charge in [-0.3, -0.25) is 0 Å². The van der Waals surface area contributed by atoms with Crippen molar-refractivity contribution in [1.82, 2.24) is 19.7 Å². The summed E-state index contributed by atoms with van der Waals surface area (Å²) in [4.78, 5) is 20.1. The Hall–Kier alpha value is -2.74. The second kappa shape index (κ2) is 5.96. The minimum atomic E-state index is -1.05. The van der Waals surface area contributed by atoms with Crippen LogP contribution in [-0.2, 0) is 12.8 Å². The van der Waals surface area contributed by atoms with Crippen molar-refractivity contribution in [3.05, 3.63) is 51.9 Å². The molecule has 2 heterocycles. The molecule has 1 N–H and O–H groups in total. The third-order valence-electron chi connectivity index (χ3n) is 4.20. The summed E-state index contributed by atoms with van der Waals surface area (Å²) < 4.78 is 7.67.